The summed E-state index contributed by atoms with van der Waals surface area (Å²) in [5.41, 5.74) is 5.17. The largest absolute Gasteiger partial charge is 1.00 e. The number of β-lactam (4-membered cyclic amide) rings is 1. The number of rotatable bonds is 6. The number of nitrogens with two attached hydrogens (primary N) is 1. The summed E-state index contributed by atoms with van der Waals surface area (Å²) in [5, 5.41) is 7.16. The second kappa shape index (κ2) is 8.94. The number of methoxy groups -OCH3 is 1. The minimum Gasteiger partial charge on any atom is -1.00 e. The number of nitrogens with one attached hydrogen (secondary N) is 1. The molecular weight excluding hydrogens is 417 g/mol. The molecule has 0 radical (unpaired) electrons. The summed E-state index contributed by atoms with van der Waals surface area (Å²) in [5.74, 6) is -3.37. The third-order valence-corrected chi connectivity index (χ3v) is 4.77. The zero-order chi connectivity index (χ0) is 19.6. The Kier molecular flexibility index (Phi) is 7.70. The van der Waals surface area contributed by atoms with Gasteiger partial charge in [-0.15, -0.1) is 11.3 Å². The zero-order valence-electron chi connectivity index (χ0n) is 15.3. The SMILES string of the molecule is CO/N=C(/C(=O)NC1C(=O)N(S(=O)(=O)O)C1C(=O)OC)c1csc(N)n1.[H-].[Na+]. The van der Waals surface area contributed by atoms with Crippen LogP contribution in [0, 0.1) is 0 Å². The van der Waals surface area contributed by atoms with Crippen LogP contribution in [0.5, 0.6) is 0 Å². The summed E-state index contributed by atoms with van der Waals surface area (Å²) in [4.78, 5) is 44.5. The van der Waals surface area contributed by atoms with Crippen molar-refractivity contribution in [3.05, 3.63) is 11.1 Å². The van der Waals surface area contributed by atoms with Gasteiger partial charge in [-0.25, -0.2) is 9.78 Å². The first-order valence-electron chi connectivity index (χ1n) is 6.63. The van der Waals surface area contributed by atoms with Gasteiger partial charge in [-0.2, -0.15) is 12.7 Å². The topological polar surface area (TPSA) is 191 Å². The molecule has 1 aliphatic heterocycles. The number of oxime groups is 1. The monoisotopic (exact) mass is 431 g/mol. The summed E-state index contributed by atoms with van der Waals surface area (Å²) in [6.07, 6.45) is 0. The number of nitrogens with zero attached hydrogens (tertiary/aromatic N) is 3. The van der Waals surface area contributed by atoms with Crippen LogP contribution in [0.15, 0.2) is 10.5 Å². The van der Waals surface area contributed by atoms with Gasteiger partial charge in [-0.05, 0) is 0 Å². The van der Waals surface area contributed by atoms with E-state index in [9.17, 15) is 22.8 Å². The van der Waals surface area contributed by atoms with Gasteiger partial charge in [-0.1, -0.05) is 5.16 Å². The quantitative estimate of drug-likeness (QED) is 0.0980. The minimum atomic E-state index is -5.02. The molecule has 0 bridgehead atoms. The van der Waals surface area contributed by atoms with E-state index in [0.717, 1.165) is 25.6 Å². The van der Waals surface area contributed by atoms with Crippen molar-refractivity contribution >= 4 is 50.3 Å². The molecule has 0 aliphatic carbocycles. The Bertz CT molecular complexity index is 891. The molecule has 0 saturated carbocycles. The molecule has 4 N–H and O–H groups in total. The summed E-state index contributed by atoms with van der Waals surface area (Å²) < 4.78 is 35.8. The Morgan fingerprint density at radius 1 is 1.48 bits per heavy atom. The molecule has 1 saturated heterocycles. The van der Waals surface area contributed by atoms with Gasteiger partial charge in [0.25, 0.3) is 11.8 Å². The number of amides is 2. The third kappa shape index (κ3) is 4.74. The molecule has 1 aromatic rings. The van der Waals surface area contributed by atoms with Crippen LogP contribution in [0.4, 0.5) is 5.13 Å². The molecule has 1 aliphatic rings. The number of nitrogen functional groups attached to an aromatic ring is 1. The fourth-order valence-corrected chi connectivity index (χ4v) is 3.50. The van der Waals surface area contributed by atoms with Crippen LogP contribution >= 0.6 is 11.3 Å². The average Bonchev–Trinajstić information content (AvgIpc) is 2.98. The molecule has 0 spiro atoms. The van der Waals surface area contributed by atoms with Crippen molar-refractivity contribution in [2.24, 2.45) is 5.16 Å². The summed E-state index contributed by atoms with van der Waals surface area (Å²) in [7, 11) is -2.91. The van der Waals surface area contributed by atoms with Gasteiger partial charge >= 0.3 is 45.8 Å². The van der Waals surface area contributed by atoms with Crippen molar-refractivity contribution in [2.45, 2.75) is 12.1 Å². The van der Waals surface area contributed by atoms with E-state index in [4.69, 9.17) is 10.3 Å². The van der Waals surface area contributed by atoms with Crippen LogP contribution in [0.3, 0.4) is 0 Å². The van der Waals surface area contributed by atoms with E-state index in [1.807, 2.05) is 0 Å². The molecule has 27 heavy (non-hydrogen) atoms. The van der Waals surface area contributed by atoms with Gasteiger partial charge in [0.15, 0.2) is 16.9 Å². The number of esters is 1. The van der Waals surface area contributed by atoms with Crippen LogP contribution in [0.1, 0.15) is 7.12 Å². The average molecular weight is 431 g/mol. The van der Waals surface area contributed by atoms with Gasteiger partial charge in [0, 0.05) is 5.38 Å². The summed E-state index contributed by atoms with van der Waals surface area (Å²) in [6.45, 7) is 0. The molecule has 13 nitrogen and oxygen atoms in total. The first-order valence-corrected chi connectivity index (χ1v) is 8.91. The number of anilines is 1. The standard InChI is InChI=1S/C11H13N5O8S2.Na.H/c1-23-10(19)7-6(9(18)16(7)26(20,21)22)14-8(17)5(15-24-2)4-3-25-11(12)13-4;;/h3,6-7H,1-2H3,(H2,12,13)(H,14,17)(H,20,21,22);;/q;+1;-1/b15-5+;;. The molecule has 144 valence electrons. The van der Waals surface area contributed by atoms with Crippen LogP contribution in [0.25, 0.3) is 0 Å². The van der Waals surface area contributed by atoms with Crippen molar-refractivity contribution in [1.82, 2.24) is 14.6 Å². The number of aromatic nitrogens is 1. The molecule has 2 heterocycles. The number of hydrogen-bond acceptors (Lipinski definition) is 11. The van der Waals surface area contributed by atoms with E-state index in [1.54, 1.807) is 0 Å². The Morgan fingerprint density at radius 3 is 2.56 bits per heavy atom. The molecule has 2 atom stereocenters. The third-order valence-electron chi connectivity index (χ3n) is 3.19. The minimum absolute atomic E-state index is 0. The zero-order valence-corrected chi connectivity index (χ0v) is 17.9. The Labute approximate surface area is 180 Å². The predicted molar refractivity (Wildman–Crippen MR) is 87.3 cm³/mol. The Hall–Kier alpha value is -1.78. The van der Waals surface area contributed by atoms with Crippen LogP contribution < -0.4 is 40.6 Å². The van der Waals surface area contributed by atoms with Gasteiger partial charge in [0.05, 0.1) is 7.11 Å². The molecule has 16 heteroatoms. The second-order valence-electron chi connectivity index (χ2n) is 4.72. The van der Waals surface area contributed by atoms with Gasteiger partial charge in [0.1, 0.15) is 18.8 Å². The first kappa shape index (κ1) is 23.3. The second-order valence-corrected chi connectivity index (χ2v) is 6.90. The molecule has 0 aromatic carbocycles. The summed E-state index contributed by atoms with van der Waals surface area (Å²) in [6, 6.07) is -3.37. The fraction of sp³-hybridized carbons (Fsp3) is 0.364. The number of hydrogen-bond donors (Lipinski definition) is 3. The van der Waals surface area contributed by atoms with Crippen LogP contribution in [0.2, 0.25) is 0 Å². The van der Waals surface area contributed by atoms with Crippen molar-refractivity contribution in [3.63, 3.8) is 0 Å². The maximum absolute atomic E-state index is 12.4. The molecular formula is C11H14N5NaO8S2. The number of carbonyl (C=O) groups is 3. The Morgan fingerprint density at radius 2 is 2.11 bits per heavy atom. The van der Waals surface area contributed by atoms with Crippen LogP contribution in [-0.4, -0.2) is 72.1 Å². The van der Waals surface area contributed by atoms with Crippen molar-refractivity contribution in [2.75, 3.05) is 20.0 Å². The van der Waals surface area contributed by atoms with Gasteiger partial charge in [0.2, 0.25) is 0 Å². The first-order chi connectivity index (χ1) is 12.1. The van der Waals surface area contributed by atoms with Gasteiger partial charge in [-0.3, -0.25) is 14.1 Å². The number of thiazole rings is 1. The van der Waals surface area contributed by atoms with E-state index >= 15 is 0 Å². The molecule has 1 aromatic heterocycles. The Balaban J connectivity index is 0.00000364. The van der Waals surface area contributed by atoms with E-state index in [2.05, 4.69) is 25.0 Å². The van der Waals surface area contributed by atoms with Crippen molar-refractivity contribution in [1.29, 1.82) is 0 Å². The molecule has 2 rings (SSSR count). The molecule has 1 fully saturated rings. The summed E-state index contributed by atoms with van der Waals surface area (Å²) >= 11 is 1.02. The number of ether oxygens (including phenoxy) is 1. The predicted octanol–water partition coefficient (Wildman–Crippen LogP) is -5.14. The van der Waals surface area contributed by atoms with Gasteiger partial charge < -0.3 is 22.1 Å². The number of carbonyl (C=O) groups excluding carboxylic acids is 3. The fourth-order valence-electron chi connectivity index (χ4n) is 2.11. The van der Waals surface area contributed by atoms with E-state index < -0.39 is 40.2 Å². The van der Waals surface area contributed by atoms with E-state index in [0.29, 0.717) is 0 Å². The maximum Gasteiger partial charge on any atom is 1.00 e. The van der Waals surface area contributed by atoms with Crippen molar-refractivity contribution in [3.8, 4) is 0 Å². The normalized spacial score (nSPS) is 19.6. The van der Waals surface area contributed by atoms with E-state index in [-0.39, 0.29) is 51.8 Å². The molecule has 2 unspecified atom stereocenters. The molecule has 2 amide bonds. The smallest absolute Gasteiger partial charge is 1.00 e. The van der Waals surface area contributed by atoms with Crippen LogP contribution in [-0.2, 0) is 34.3 Å². The van der Waals surface area contributed by atoms with Crippen molar-refractivity contribution < 1.29 is 67.9 Å². The maximum atomic E-state index is 12.4. The van der Waals surface area contributed by atoms with E-state index in [1.165, 1.54) is 5.38 Å².